The lowest BCUT2D eigenvalue weighted by Gasteiger charge is -2.13. The Kier molecular flexibility index (Phi) is 2.99. The Morgan fingerprint density at radius 1 is 1.16 bits per heavy atom. The van der Waals surface area contributed by atoms with Crippen molar-refractivity contribution in [2.45, 2.75) is 26.7 Å². The molecule has 3 aromatic rings. The van der Waals surface area contributed by atoms with E-state index in [-0.39, 0.29) is 0 Å². The molecule has 0 bridgehead atoms. The van der Waals surface area contributed by atoms with Gasteiger partial charge in [-0.05, 0) is 18.9 Å². The highest BCUT2D eigenvalue weighted by molar-refractivity contribution is 5.69. The van der Waals surface area contributed by atoms with Gasteiger partial charge in [0.1, 0.15) is 6.33 Å². The van der Waals surface area contributed by atoms with E-state index >= 15 is 0 Å². The lowest BCUT2D eigenvalue weighted by Crippen LogP contribution is -2.06. The van der Waals surface area contributed by atoms with Gasteiger partial charge in [0.25, 0.3) is 5.78 Å². The molecule has 1 aromatic carbocycles. The molecular weight excluding hydrogens is 236 g/mol. The number of hydrogen-bond acceptors (Lipinski definition) is 3. The number of rotatable bonds is 3. The first-order chi connectivity index (χ1) is 9.31. The molecule has 0 fully saturated rings. The molecular formula is C15H16N4. The molecule has 0 saturated carbocycles. The molecule has 0 atom stereocenters. The third-order valence-electron chi connectivity index (χ3n) is 3.25. The highest BCUT2D eigenvalue weighted by Crippen LogP contribution is 2.27. The highest BCUT2D eigenvalue weighted by Gasteiger charge is 2.14. The molecule has 3 rings (SSSR count). The molecule has 0 aliphatic rings. The van der Waals surface area contributed by atoms with Crippen LogP contribution in [-0.4, -0.2) is 19.6 Å². The van der Waals surface area contributed by atoms with Gasteiger partial charge in [-0.1, -0.05) is 43.7 Å². The standard InChI is InChI=1S/C15H16N4/c1-3-7-13-14(12-8-5-4-6-9-12)11(2)18-15-16-10-17-19(13)15/h4-6,8-10H,3,7H2,1-2H3. The minimum absolute atomic E-state index is 0.681. The highest BCUT2D eigenvalue weighted by atomic mass is 15.3. The third kappa shape index (κ3) is 1.99. The fourth-order valence-corrected chi connectivity index (χ4v) is 2.47. The Hall–Kier alpha value is -2.23. The van der Waals surface area contributed by atoms with E-state index < -0.39 is 0 Å². The molecule has 0 radical (unpaired) electrons. The average Bonchev–Trinajstić information content (AvgIpc) is 2.88. The minimum atomic E-state index is 0.681. The SMILES string of the molecule is CCCc1c(-c2ccccc2)c(C)nc2ncnn12. The monoisotopic (exact) mass is 252 g/mol. The predicted octanol–water partition coefficient (Wildman–Crippen LogP) is 3.05. The Morgan fingerprint density at radius 3 is 2.68 bits per heavy atom. The van der Waals surface area contributed by atoms with E-state index in [0.717, 1.165) is 18.5 Å². The van der Waals surface area contributed by atoms with E-state index in [1.807, 2.05) is 17.5 Å². The van der Waals surface area contributed by atoms with E-state index in [9.17, 15) is 0 Å². The zero-order valence-corrected chi connectivity index (χ0v) is 11.2. The third-order valence-corrected chi connectivity index (χ3v) is 3.25. The van der Waals surface area contributed by atoms with Crippen molar-refractivity contribution in [3.63, 3.8) is 0 Å². The summed E-state index contributed by atoms with van der Waals surface area (Å²) in [7, 11) is 0. The van der Waals surface area contributed by atoms with Crippen LogP contribution in [0.3, 0.4) is 0 Å². The van der Waals surface area contributed by atoms with Gasteiger partial charge in [0, 0.05) is 5.56 Å². The normalized spacial score (nSPS) is 11.1. The maximum absolute atomic E-state index is 4.54. The van der Waals surface area contributed by atoms with Gasteiger partial charge in [-0.3, -0.25) is 0 Å². The molecule has 2 heterocycles. The van der Waals surface area contributed by atoms with E-state index in [0.29, 0.717) is 5.78 Å². The quantitative estimate of drug-likeness (QED) is 0.719. The second kappa shape index (κ2) is 4.80. The molecule has 0 unspecified atom stereocenters. The summed E-state index contributed by atoms with van der Waals surface area (Å²) >= 11 is 0. The van der Waals surface area contributed by atoms with Crippen LogP contribution in [0.5, 0.6) is 0 Å². The van der Waals surface area contributed by atoms with Crippen LogP contribution in [0.15, 0.2) is 36.7 Å². The summed E-state index contributed by atoms with van der Waals surface area (Å²) in [6, 6.07) is 10.4. The van der Waals surface area contributed by atoms with Gasteiger partial charge in [-0.25, -0.2) is 9.50 Å². The van der Waals surface area contributed by atoms with Crippen LogP contribution in [0.2, 0.25) is 0 Å². The summed E-state index contributed by atoms with van der Waals surface area (Å²) in [5.41, 5.74) is 4.57. The zero-order valence-electron chi connectivity index (χ0n) is 11.2. The van der Waals surface area contributed by atoms with E-state index in [1.54, 1.807) is 6.33 Å². The van der Waals surface area contributed by atoms with Crippen molar-refractivity contribution in [1.82, 2.24) is 19.6 Å². The van der Waals surface area contributed by atoms with Gasteiger partial charge >= 0.3 is 0 Å². The van der Waals surface area contributed by atoms with E-state index in [2.05, 4.69) is 46.3 Å². The summed E-state index contributed by atoms with van der Waals surface area (Å²) in [6.45, 7) is 4.21. The van der Waals surface area contributed by atoms with Gasteiger partial charge in [-0.2, -0.15) is 10.1 Å². The summed E-state index contributed by atoms with van der Waals surface area (Å²) in [5.74, 6) is 0.681. The van der Waals surface area contributed by atoms with Gasteiger partial charge < -0.3 is 0 Å². The molecule has 0 N–H and O–H groups in total. The van der Waals surface area contributed by atoms with Crippen LogP contribution >= 0.6 is 0 Å². The van der Waals surface area contributed by atoms with Gasteiger partial charge in [0.2, 0.25) is 0 Å². The molecule has 19 heavy (non-hydrogen) atoms. The Balaban J connectivity index is 2.33. The number of benzene rings is 1. The smallest absolute Gasteiger partial charge is 0.216 e. The number of aromatic nitrogens is 4. The van der Waals surface area contributed by atoms with Crippen molar-refractivity contribution in [2.24, 2.45) is 0 Å². The molecule has 0 spiro atoms. The summed E-state index contributed by atoms with van der Waals surface area (Å²) in [4.78, 5) is 8.74. The molecule has 96 valence electrons. The summed E-state index contributed by atoms with van der Waals surface area (Å²) in [6.07, 6.45) is 3.60. The van der Waals surface area contributed by atoms with Crippen LogP contribution in [-0.2, 0) is 6.42 Å². The fourth-order valence-electron chi connectivity index (χ4n) is 2.47. The molecule has 0 amide bonds. The Bertz CT molecular complexity index is 701. The van der Waals surface area contributed by atoms with Crippen LogP contribution in [0, 0.1) is 6.92 Å². The molecule has 0 aliphatic carbocycles. The van der Waals surface area contributed by atoms with Crippen LogP contribution in [0.25, 0.3) is 16.9 Å². The maximum Gasteiger partial charge on any atom is 0.252 e. The van der Waals surface area contributed by atoms with E-state index in [1.165, 1.54) is 16.8 Å². The molecule has 0 saturated heterocycles. The Labute approximate surface area is 112 Å². The number of aryl methyl sites for hydroxylation is 2. The van der Waals surface area contributed by atoms with Crippen molar-refractivity contribution in [2.75, 3.05) is 0 Å². The first kappa shape index (κ1) is 11.8. The second-order valence-corrected chi connectivity index (χ2v) is 4.61. The summed E-state index contributed by atoms with van der Waals surface area (Å²) < 4.78 is 1.86. The lowest BCUT2D eigenvalue weighted by molar-refractivity contribution is 0.794. The molecule has 2 aromatic heterocycles. The maximum atomic E-state index is 4.54. The average molecular weight is 252 g/mol. The van der Waals surface area contributed by atoms with E-state index in [4.69, 9.17) is 0 Å². The van der Waals surface area contributed by atoms with Crippen LogP contribution < -0.4 is 0 Å². The zero-order chi connectivity index (χ0) is 13.2. The van der Waals surface area contributed by atoms with Crippen LogP contribution in [0.1, 0.15) is 24.7 Å². The van der Waals surface area contributed by atoms with Crippen molar-refractivity contribution >= 4 is 5.78 Å². The Morgan fingerprint density at radius 2 is 1.95 bits per heavy atom. The first-order valence-electron chi connectivity index (χ1n) is 6.56. The second-order valence-electron chi connectivity index (χ2n) is 4.61. The van der Waals surface area contributed by atoms with Crippen LogP contribution in [0.4, 0.5) is 0 Å². The van der Waals surface area contributed by atoms with Gasteiger partial charge in [-0.15, -0.1) is 0 Å². The number of fused-ring (bicyclic) bond motifs is 1. The minimum Gasteiger partial charge on any atom is -0.216 e. The van der Waals surface area contributed by atoms with Crippen molar-refractivity contribution in [3.05, 3.63) is 48.0 Å². The molecule has 4 heteroatoms. The number of hydrogen-bond donors (Lipinski definition) is 0. The topological polar surface area (TPSA) is 43.1 Å². The first-order valence-corrected chi connectivity index (χ1v) is 6.56. The fraction of sp³-hybridized carbons (Fsp3) is 0.267. The van der Waals surface area contributed by atoms with Gasteiger partial charge in [0.05, 0.1) is 11.4 Å². The summed E-state index contributed by atoms with van der Waals surface area (Å²) in [5, 5.41) is 4.31. The van der Waals surface area contributed by atoms with Crippen molar-refractivity contribution in [3.8, 4) is 11.1 Å². The van der Waals surface area contributed by atoms with Gasteiger partial charge in [0.15, 0.2) is 0 Å². The molecule has 4 nitrogen and oxygen atoms in total. The van der Waals surface area contributed by atoms with Crippen molar-refractivity contribution in [1.29, 1.82) is 0 Å². The lowest BCUT2D eigenvalue weighted by atomic mass is 10.00. The largest absolute Gasteiger partial charge is 0.252 e. The molecule has 0 aliphatic heterocycles. The predicted molar refractivity (Wildman–Crippen MR) is 75.0 cm³/mol. The number of nitrogens with zero attached hydrogens (tertiary/aromatic N) is 4. The van der Waals surface area contributed by atoms with Crippen molar-refractivity contribution < 1.29 is 0 Å².